The van der Waals surface area contributed by atoms with Crippen molar-refractivity contribution in [3.8, 4) is 0 Å². The zero-order chi connectivity index (χ0) is 13.8. The minimum atomic E-state index is -0.887. The van der Waals surface area contributed by atoms with Crippen LogP contribution in [-0.2, 0) is 13.0 Å². The van der Waals surface area contributed by atoms with E-state index >= 15 is 0 Å². The van der Waals surface area contributed by atoms with Crippen LogP contribution in [0.25, 0.3) is 0 Å². The molecule has 2 rings (SSSR count). The van der Waals surface area contributed by atoms with E-state index < -0.39 is 5.97 Å². The molecule has 2 aromatic rings. The number of imidazole rings is 1. The molecule has 1 heterocycles. The summed E-state index contributed by atoms with van der Waals surface area (Å²) < 4.78 is 2.14. The third-order valence-electron chi connectivity index (χ3n) is 3.20. The van der Waals surface area contributed by atoms with Crippen molar-refractivity contribution in [3.05, 3.63) is 53.1 Å². The summed E-state index contributed by atoms with van der Waals surface area (Å²) >= 11 is 0. The summed E-state index contributed by atoms with van der Waals surface area (Å²) in [6, 6.07) is 5.24. The van der Waals surface area contributed by atoms with E-state index in [-0.39, 0.29) is 0 Å². The Bertz CT molecular complexity index is 588. The monoisotopic (exact) mass is 258 g/mol. The molecule has 0 aliphatic heterocycles. The smallest absolute Gasteiger partial charge is 0.335 e. The number of rotatable bonds is 5. The highest BCUT2D eigenvalue weighted by Gasteiger charge is 2.09. The summed E-state index contributed by atoms with van der Waals surface area (Å²) in [7, 11) is 0. The molecule has 0 bridgehead atoms. The second-order valence-electron chi connectivity index (χ2n) is 4.66. The van der Waals surface area contributed by atoms with Gasteiger partial charge >= 0.3 is 5.97 Å². The molecule has 0 saturated heterocycles. The Morgan fingerprint density at radius 1 is 1.42 bits per heavy atom. The van der Waals surface area contributed by atoms with Crippen molar-refractivity contribution < 1.29 is 9.90 Å². The van der Waals surface area contributed by atoms with E-state index in [4.69, 9.17) is 5.11 Å². The molecule has 0 spiro atoms. The van der Waals surface area contributed by atoms with Crippen LogP contribution >= 0.6 is 0 Å². The molecule has 0 aliphatic carbocycles. The molecule has 1 aromatic carbocycles. The van der Waals surface area contributed by atoms with Gasteiger partial charge in [-0.3, -0.25) is 0 Å². The van der Waals surface area contributed by atoms with Gasteiger partial charge in [-0.25, -0.2) is 9.78 Å². The lowest BCUT2D eigenvalue weighted by Gasteiger charge is -2.09. The van der Waals surface area contributed by atoms with Crippen molar-refractivity contribution in [3.63, 3.8) is 0 Å². The molecule has 0 fully saturated rings. The van der Waals surface area contributed by atoms with E-state index in [9.17, 15) is 4.79 Å². The third-order valence-corrected chi connectivity index (χ3v) is 3.20. The number of nitrogens with zero attached hydrogens (tertiary/aromatic N) is 2. The quantitative estimate of drug-likeness (QED) is 0.897. The highest BCUT2D eigenvalue weighted by molar-refractivity contribution is 5.87. The molecule has 0 unspecified atom stereocenters. The Morgan fingerprint density at radius 2 is 2.21 bits per heavy atom. The molecule has 1 N–H and O–H groups in total. The van der Waals surface area contributed by atoms with Crippen LogP contribution in [0.15, 0.2) is 30.6 Å². The maximum Gasteiger partial charge on any atom is 0.335 e. The highest BCUT2D eigenvalue weighted by atomic mass is 16.4. The van der Waals surface area contributed by atoms with Gasteiger partial charge < -0.3 is 9.67 Å². The first kappa shape index (κ1) is 13.3. The molecule has 0 saturated carbocycles. The number of hydrogen-bond donors (Lipinski definition) is 1. The number of benzene rings is 1. The van der Waals surface area contributed by atoms with Gasteiger partial charge in [-0.1, -0.05) is 13.0 Å². The summed E-state index contributed by atoms with van der Waals surface area (Å²) in [6.45, 7) is 5.03. The van der Waals surface area contributed by atoms with Crippen molar-refractivity contribution >= 4 is 5.97 Å². The van der Waals surface area contributed by atoms with Crippen LogP contribution in [0.5, 0.6) is 0 Å². The van der Waals surface area contributed by atoms with Crippen molar-refractivity contribution in [2.24, 2.45) is 0 Å². The summed E-state index contributed by atoms with van der Waals surface area (Å²) in [5, 5.41) is 8.95. The van der Waals surface area contributed by atoms with E-state index in [1.54, 1.807) is 12.1 Å². The Hall–Kier alpha value is -2.10. The van der Waals surface area contributed by atoms with Gasteiger partial charge in [0.1, 0.15) is 5.82 Å². The molecule has 19 heavy (non-hydrogen) atoms. The van der Waals surface area contributed by atoms with Gasteiger partial charge in [0.25, 0.3) is 0 Å². The van der Waals surface area contributed by atoms with Crippen LogP contribution in [0.2, 0.25) is 0 Å². The molecule has 0 atom stereocenters. The lowest BCUT2D eigenvalue weighted by atomic mass is 10.0. The average molecular weight is 258 g/mol. The van der Waals surface area contributed by atoms with Crippen LogP contribution < -0.4 is 0 Å². The lowest BCUT2D eigenvalue weighted by Crippen LogP contribution is -2.05. The molecule has 0 radical (unpaired) electrons. The summed E-state index contributed by atoms with van der Waals surface area (Å²) in [6.07, 6.45) is 5.60. The van der Waals surface area contributed by atoms with Gasteiger partial charge in [-0.15, -0.1) is 0 Å². The van der Waals surface area contributed by atoms with Gasteiger partial charge in [-0.05, 0) is 36.6 Å². The first-order valence-electron chi connectivity index (χ1n) is 6.44. The lowest BCUT2D eigenvalue weighted by molar-refractivity contribution is 0.0697. The fourth-order valence-corrected chi connectivity index (χ4v) is 2.15. The van der Waals surface area contributed by atoms with E-state index in [2.05, 4.69) is 16.5 Å². The number of aryl methyl sites for hydroxylation is 2. The summed E-state index contributed by atoms with van der Waals surface area (Å²) in [5.41, 5.74) is 2.44. The topological polar surface area (TPSA) is 55.1 Å². The predicted octanol–water partition coefficient (Wildman–Crippen LogP) is 2.89. The number of aromatic nitrogens is 2. The second-order valence-corrected chi connectivity index (χ2v) is 4.66. The molecular formula is C15H18N2O2. The van der Waals surface area contributed by atoms with Crippen LogP contribution in [0.1, 0.15) is 40.7 Å². The summed E-state index contributed by atoms with van der Waals surface area (Å²) in [4.78, 5) is 15.3. The van der Waals surface area contributed by atoms with Crippen LogP contribution in [0.4, 0.5) is 0 Å². The Labute approximate surface area is 112 Å². The normalized spacial score (nSPS) is 10.6. The highest BCUT2D eigenvalue weighted by Crippen LogP contribution is 2.15. The van der Waals surface area contributed by atoms with E-state index in [0.29, 0.717) is 5.56 Å². The molecule has 0 amide bonds. The van der Waals surface area contributed by atoms with Gasteiger partial charge in [-0.2, -0.15) is 0 Å². The van der Waals surface area contributed by atoms with Gasteiger partial charge in [0.05, 0.1) is 5.56 Å². The van der Waals surface area contributed by atoms with Crippen molar-refractivity contribution in [1.29, 1.82) is 0 Å². The molecule has 4 nitrogen and oxygen atoms in total. The first-order chi connectivity index (χ1) is 9.11. The van der Waals surface area contributed by atoms with E-state index in [1.807, 2.05) is 25.4 Å². The summed E-state index contributed by atoms with van der Waals surface area (Å²) in [5.74, 6) is 0.134. The molecular weight excluding hydrogens is 240 g/mol. The van der Waals surface area contributed by atoms with Crippen molar-refractivity contribution in [2.45, 2.75) is 33.2 Å². The van der Waals surface area contributed by atoms with Gasteiger partial charge in [0.15, 0.2) is 0 Å². The first-order valence-corrected chi connectivity index (χ1v) is 6.44. The van der Waals surface area contributed by atoms with Crippen LogP contribution in [-0.4, -0.2) is 20.6 Å². The fourth-order valence-electron chi connectivity index (χ4n) is 2.15. The number of hydrogen-bond acceptors (Lipinski definition) is 2. The average Bonchev–Trinajstić information content (AvgIpc) is 2.79. The Morgan fingerprint density at radius 3 is 2.84 bits per heavy atom. The standard InChI is InChI=1S/C15H18N2O2/c1-3-7-17-8-6-16-14(17)10-12-4-5-13(15(18)19)9-11(12)2/h4-6,8-9H,3,7,10H2,1-2H3,(H,18,19). The Balaban J connectivity index is 2.23. The second kappa shape index (κ2) is 5.69. The SMILES string of the molecule is CCCn1ccnc1Cc1ccc(C(=O)O)cc1C. The predicted molar refractivity (Wildman–Crippen MR) is 73.5 cm³/mol. The largest absolute Gasteiger partial charge is 0.478 e. The van der Waals surface area contributed by atoms with Crippen molar-refractivity contribution in [1.82, 2.24) is 9.55 Å². The minimum Gasteiger partial charge on any atom is -0.478 e. The number of carboxylic acids is 1. The minimum absolute atomic E-state index is 0.332. The van der Waals surface area contributed by atoms with Gasteiger partial charge in [0.2, 0.25) is 0 Å². The fraction of sp³-hybridized carbons (Fsp3) is 0.333. The maximum absolute atomic E-state index is 10.9. The van der Waals surface area contributed by atoms with Gasteiger partial charge in [0, 0.05) is 25.4 Å². The number of aromatic carboxylic acids is 1. The Kier molecular flexibility index (Phi) is 4.00. The van der Waals surface area contributed by atoms with Crippen LogP contribution in [0, 0.1) is 6.92 Å². The molecule has 0 aliphatic rings. The molecule has 1 aromatic heterocycles. The number of carbonyl (C=O) groups is 1. The van der Waals surface area contributed by atoms with Crippen molar-refractivity contribution in [2.75, 3.05) is 0 Å². The molecule has 100 valence electrons. The molecule has 4 heteroatoms. The van der Waals surface area contributed by atoms with E-state index in [0.717, 1.165) is 36.3 Å². The third kappa shape index (κ3) is 3.02. The van der Waals surface area contributed by atoms with E-state index in [1.165, 1.54) is 0 Å². The number of carboxylic acid groups (broad SMARTS) is 1. The van der Waals surface area contributed by atoms with Crippen LogP contribution in [0.3, 0.4) is 0 Å². The maximum atomic E-state index is 10.9. The zero-order valence-corrected chi connectivity index (χ0v) is 11.3. The zero-order valence-electron chi connectivity index (χ0n) is 11.3.